The number of hydrogen-bond donors (Lipinski definition) is 2. The molecule has 100 valence electrons. The van der Waals surface area contributed by atoms with Crippen LogP contribution in [0.15, 0.2) is 6.33 Å². The highest BCUT2D eigenvalue weighted by Crippen LogP contribution is 2.21. The van der Waals surface area contributed by atoms with Crippen LogP contribution in [-0.4, -0.2) is 32.1 Å². The summed E-state index contributed by atoms with van der Waals surface area (Å²) in [6.45, 7) is 2.03. The Morgan fingerprint density at radius 2 is 2.39 bits per heavy atom. The first-order valence-corrected chi connectivity index (χ1v) is 5.59. The van der Waals surface area contributed by atoms with E-state index < -0.39 is 16.8 Å². The van der Waals surface area contributed by atoms with Crippen LogP contribution in [0, 0.1) is 16.0 Å². The second kappa shape index (κ2) is 5.99. The van der Waals surface area contributed by atoms with Gasteiger partial charge >= 0.3 is 11.8 Å². The van der Waals surface area contributed by atoms with Crippen molar-refractivity contribution in [3.8, 4) is 0 Å². The third-order valence-electron chi connectivity index (χ3n) is 2.59. The van der Waals surface area contributed by atoms with Crippen molar-refractivity contribution in [1.82, 2.24) is 9.55 Å². The van der Waals surface area contributed by atoms with E-state index in [1.165, 1.54) is 10.9 Å². The average Bonchev–Trinajstić information content (AvgIpc) is 2.65. The normalized spacial score (nSPS) is 12.1. The van der Waals surface area contributed by atoms with Crippen molar-refractivity contribution in [2.24, 2.45) is 13.0 Å². The number of carboxylic acids is 1. The van der Waals surface area contributed by atoms with Gasteiger partial charge in [0.2, 0.25) is 12.1 Å². The van der Waals surface area contributed by atoms with Gasteiger partial charge in [-0.1, -0.05) is 13.3 Å². The Balaban J connectivity index is 2.75. The van der Waals surface area contributed by atoms with Gasteiger partial charge in [0.15, 0.2) is 0 Å². The van der Waals surface area contributed by atoms with Crippen molar-refractivity contribution >= 4 is 17.6 Å². The average molecular weight is 256 g/mol. The minimum absolute atomic E-state index is 0.142. The molecule has 1 aromatic heterocycles. The maximum Gasteiger partial charge on any atom is 0.406 e. The largest absolute Gasteiger partial charge is 0.481 e. The monoisotopic (exact) mass is 256 g/mol. The number of imidazole rings is 1. The highest BCUT2D eigenvalue weighted by atomic mass is 16.6. The smallest absolute Gasteiger partial charge is 0.406 e. The van der Waals surface area contributed by atoms with E-state index in [1.807, 2.05) is 6.92 Å². The molecule has 0 bridgehead atoms. The lowest BCUT2D eigenvalue weighted by atomic mass is 10.0. The van der Waals surface area contributed by atoms with E-state index in [0.717, 1.165) is 6.42 Å². The number of nitrogens with one attached hydrogen (secondary N) is 1. The first kappa shape index (κ1) is 13.9. The Morgan fingerprint density at radius 1 is 1.72 bits per heavy atom. The van der Waals surface area contributed by atoms with Gasteiger partial charge in [0.05, 0.1) is 5.92 Å². The van der Waals surface area contributed by atoms with Crippen molar-refractivity contribution in [1.29, 1.82) is 0 Å². The highest BCUT2D eigenvalue weighted by molar-refractivity contribution is 5.71. The fourth-order valence-corrected chi connectivity index (χ4v) is 1.64. The molecular weight excluding hydrogens is 240 g/mol. The first-order chi connectivity index (χ1) is 8.47. The Bertz CT molecular complexity index is 443. The van der Waals surface area contributed by atoms with Crippen LogP contribution in [0.25, 0.3) is 0 Å². The number of nitrogens with zero attached hydrogens (tertiary/aromatic N) is 3. The Kier molecular flexibility index (Phi) is 4.64. The number of aliphatic carboxylic acids is 1. The van der Waals surface area contributed by atoms with Crippen molar-refractivity contribution in [2.45, 2.75) is 19.8 Å². The first-order valence-electron chi connectivity index (χ1n) is 5.59. The van der Waals surface area contributed by atoms with Gasteiger partial charge in [0.25, 0.3) is 0 Å². The number of anilines is 1. The highest BCUT2D eigenvalue weighted by Gasteiger charge is 2.22. The summed E-state index contributed by atoms with van der Waals surface area (Å²) in [5.41, 5.74) is 0. The van der Waals surface area contributed by atoms with E-state index in [1.54, 1.807) is 7.05 Å². The summed E-state index contributed by atoms with van der Waals surface area (Å²) < 4.78 is 1.46. The lowest BCUT2D eigenvalue weighted by Gasteiger charge is -2.12. The zero-order chi connectivity index (χ0) is 13.7. The molecule has 0 aliphatic rings. The van der Waals surface area contributed by atoms with Gasteiger partial charge in [-0.25, -0.2) is 0 Å². The predicted molar refractivity (Wildman–Crippen MR) is 64.4 cm³/mol. The van der Waals surface area contributed by atoms with E-state index in [2.05, 4.69) is 10.3 Å². The minimum Gasteiger partial charge on any atom is -0.481 e. The summed E-state index contributed by atoms with van der Waals surface area (Å²) in [7, 11) is 1.61. The van der Waals surface area contributed by atoms with Gasteiger partial charge in [-0.15, -0.1) is 0 Å². The zero-order valence-corrected chi connectivity index (χ0v) is 10.3. The molecule has 0 radical (unpaired) electrons. The van der Waals surface area contributed by atoms with E-state index in [-0.39, 0.29) is 18.2 Å². The lowest BCUT2D eigenvalue weighted by Crippen LogP contribution is -2.23. The molecule has 1 unspecified atom stereocenters. The second-order valence-corrected chi connectivity index (χ2v) is 3.99. The second-order valence-electron chi connectivity index (χ2n) is 3.99. The number of nitro groups is 1. The van der Waals surface area contributed by atoms with Gasteiger partial charge in [0, 0.05) is 13.6 Å². The van der Waals surface area contributed by atoms with Crippen LogP contribution in [0.1, 0.15) is 19.8 Å². The molecule has 18 heavy (non-hydrogen) atoms. The third-order valence-corrected chi connectivity index (χ3v) is 2.59. The molecule has 2 N–H and O–H groups in total. The van der Waals surface area contributed by atoms with Gasteiger partial charge in [-0.3, -0.25) is 9.36 Å². The van der Waals surface area contributed by atoms with Crippen LogP contribution in [0.2, 0.25) is 0 Å². The lowest BCUT2D eigenvalue weighted by molar-refractivity contribution is -0.388. The fraction of sp³-hybridized carbons (Fsp3) is 0.600. The summed E-state index contributed by atoms with van der Waals surface area (Å²) in [5, 5.41) is 22.5. The van der Waals surface area contributed by atoms with Crippen LogP contribution in [0.5, 0.6) is 0 Å². The van der Waals surface area contributed by atoms with E-state index >= 15 is 0 Å². The van der Waals surface area contributed by atoms with Crippen LogP contribution >= 0.6 is 0 Å². The maximum absolute atomic E-state index is 11.0. The Labute approximate surface area is 104 Å². The molecule has 8 heteroatoms. The summed E-state index contributed by atoms with van der Waals surface area (Å²) in [4.78, 5) is 24.7. The van der Waals surface area contributed by atoms with Crippen molar-refractivity contribution < 1.29 is 14.8 Å². The molecule has 0 aliphatic carbocycles. The molecule has 0 saturated heterocycles. The standard InChI is InChI=1S/C10H16N4O4/c1-3-4-7(10(15)16)5-11-8-9(14(17)18)12-6-13(8)2/h6-7,11H,3-5H2,1-2H3,(H,15,16). The van der Waals surface area contributed by atoms with E-state index in [4.69, 9.17) is 5.11 Å². The van der Waals surface area contributed by atoms with E-state index in [0.29, 0.717) is 6.42 Å². The van der Waals surface area contributed by atoms with Gasteiger partial charge in [-0.05, 0) is 16.3 Å². The van der Waals surface area contributed by atoms with Gasteiger partial charge in [-0.2, -0.15) is 0 Å². The SMILES string of the molecule is CCCC(CNc1c([N+](=O)[O-])ncn1C)C(=O)O. The summed E-state index contributed by atoms with van der Waals surface area (Å²) >= 11 is 0. The Morgan fingerprint density at radius 3 is 2.89 bits per heavy atom. The third kappa shape index (κ3) is 3.19. The number of rotatable bonds is 7. The molecule has 8 nitrogen and oxygen atoms in total. The molecule has 0 spiro atoms. The van der Waals surface area contributed by atoms with Crippen LogP contribution in [0.4, 0.5) is 11.6 Å². The molecule has 0 aliphatic heterocycles. The number of carboxylic acid groups (broad SMARTS) is 1. The van der Waals surface area contributed by atoms with Crippen molar-refractivity contribution in [3.63, 3.8) is 0 Å². The summed E-state index contributed by atoms with van der Waals surface area (Å²) in [5.74, 6) is -1.54. The molecule has 0 fully saturated rings. The van der Waals surface area contributed by atoms with Crippen LogP contribution < -0.4 is 5.32 Å². The van der Waals surface area contributed by atoms with Crippen LogP contribution in [0.3, 0.4) is 0 Å². The molecule has 1 rings (SSSR count). The molecular formula is C10H16N4O4. The number of aryl methyl sites for hydroxylation is 1. The molecule has 0 amide bonds. The zero-order valence-electron chi connectivity index (χ0n) is 10.3. The Hall–Kier alpha value is -2.12. The summed E-state index contributed by atoms with van der Waals surface area (Å²) in [6, 6.07) is 0. The molecule has 0 saturated carbocycles. The van der Waals surface area contributed by atoms with Gasteiger partial charge < -0.3 is 20.5 Å². The number of hydrogen-bond acceptors (Lipinski definition) is 5. The van der Waals surface area contributed by atoms with E-state index in [9.17, 15) is 14.9 Å². The molecule has 0 aromatic carbocycles. The fourth-order valence-electron chi connectivity index (χ4n) is 1.64. The quantitative estimate of drug-likeness (QED) is 0.561. The van der Waals surface area contributed by atoms with Gasteiger partial charge in [0.1, 0.15) is 0 Å². The topological polar surface area (TPSA) is 110 Å². The van der Waals surface area contributed by atoms with Crippen molar-refractivity contribution in [3.05, 3.63) is 16.4 Å². The van der Waals surface area contributed by atoms with Crippen LogP contribution in [-0.2, 0) is 11.8 Å². The molecule has 1 atom stereocenters. The predicted octanol–water partition coefficient (Wildman–Crippen LogP) is 1.24. The number of carbonyl (C=O) groups is 1. The maximum atomic E-state index is 11.0. The van der Waals surface area contributed by atoms with Crippen molar-refractivity contribution in [2.75, 3.05) is 11.9 Å². The molecule has 1 aromatic rings. The minimum atomic E-state index is -0.908. The number of aromatic nitrogens is 2. The molecule has 1 heterocycles. The summed E-state index contributed by atoms with van der Waals surface area (Å²) in [6.07, 6.45) is 2.58.